The molecule has 0 saturated heterocycles. The smallest absolute Gasteiger partial charge is 0.268 e. The molecule has 0 unspecified atom stereocenters. The van der Waals surface area contributed by atoms with Gasteiger partial charge in [0.25, 0.3) is 5.56 Å². The number of benzene rings is 1. The fourth-order valence-electron chi connectivity index (χ4n) is 3.64. The van der Waals surface area contributed by atoms with E-state index in [4.69, 9.17) is 9.97 Å². The lowest BCUT2D eigenvalue weighted by molar-refractivity contribution is 0.669. The Morgan fingerprint density at radius 3 is 2.78 bits per heavy atom. The van der Waals surface area contributed by atoms with Crippen LogP contribution in [0.1, 0.15) is 49.4 Å². The van der Waals surface area contributed by atoms with Crippen LogP contribution in [0.2, 0.25) is 0 Å². The third-order valence-electron chi connectivity index (χ3n) is 5.19. The van der Waals surface area contributed by atoms with E-state index in [9.17, 15) is 4.79 Å². The van der Waals surface area contributed by atoms with Gasteiger partial charge in [0, 0.05) is 11.4 Å². The van der Waals surface area contributed by atoms with E-state index < -0.39 is 0 Å². The molecule has 0 atom stereocenters. The van der Waals surface area contributed by atoms with Crippen molar-refractivity contribution in [2.45, 2.75) is 57.5 Å². The second-order valence-electron chi connectivity index (χ2n) is 7.20. The van der Waals surface area contributed by atoms with E-state index in [0.29, 0.717) is 11.0 Å². The zero-order valence-corrected chi connectivity index (χ0v) is 16.8. The highest BCUT2D eigenvalue weighted by Crippen LogP contribution is 2.26. The van der Waals surface area contributed by atoms with E-state index >= 15 is 0 Å². The van der Waals surface area contributed by atoms with Crippen LogP contribution in [0.3, 0.4) is 0 Å². The first kappa shape index (κ1) is 18.2. The number of hydrogen-bond acceptors (Lipinski definition) is 4. The summed E-state index contributed by atoms with van der Waals surface area (Å²) in [4.78, 5) is 23.1. The quantitative estimate of drug-likeness (QED) is 0.361. The lowest BCUT2D eigenvalue weighted by Crippen LogP contribution is -2.24. The molecule has 5 heteroatoms. The lowest BCUT2D eigenvalue weighted by atomic mass is 9.95. The zero-order chi connectivity index (χ0) is 18.8. The van der Waals surface area contributed by atoms with Crippen LogP contribution in [0.4, 0.5) is 0 Å². The van der Waals surface area contributed by atoms with Gasteiger partial charge in [-0.2, -0.15) is 0 Å². The van der Waals surface area contributed by atoms with Crippen LogP contribution in [0.15, 0.2) is 40.3 Å². The number of para-hydroxylation sites is 1. The highest BCUT2D eigenvalue weighted by Gasteiger charge is 2.19. The molecule has 2 heterocycles. The van der Waals surface area contributed by atoms with Crippen molar-refractivity contribution in [2.24, 2.45) is 0 Å². The molecule has 2 aromatic heterocycles. The van der Waals surface area contributed by atoms with Gasteiger partial charge < -0.3 is 0 Å². The fourth-order valence-corrected chi connectivity index (χ4v) is 4.72. The van der Waals surface area contributed by atoms with Crippen molar-refractivity contribution in [1.29, 1.82) is 0 Å². The van der Waals surface area contributed by atoms with Gasteiger partial charge in [-0.1, -0.05) is 43.3 Å². The monoisotopic (exact) mass is 379 g/mol. The van der Waals surface area contributed by atoms with Crippen molar-refractivity contribution in [3.8, 4) is 5.69 Å². The molecule has 0 radical (unpaired) electrons. The normalized spacial score (nSPS) is 13.7. The first-order chi connectivity index (χ1) is 13.2. The van der Waals surface area contributed by atoms with Crippen LogP contribution in [0.5, 0.6) is 0 Å². The van der Waals surface area contributed by atoms with Crippen molar-refractivity contribution in [3.05, 3.63) is 57.5 Å². The first-order valence-electron chi connectivity index (χ1n) is 9.83. The molecule has 1 aromatic carbocycles. The molecular formula is C22H25N3OS. The first-order valence-corrected chi connectivity index (χ1v) is 10.8. The fraction of sp³-hybridized carbons (Fsp3) is 0.409. The minimum Gasteiger partial charge on any atom is -0.268 e. The SMILES string of the molecule is CCCCSc1nc2nc3c(cc2c(=O)n1-c1ccccc1C)CCCC3. The molecule has 0 aliphatic heterocycles. The summed E-state index contributed by atoms with van der Waals surface area (Å²) in [6.45, 7) is 4.22. The maximum absolute atomic E-state index is 13.5. The Morgan fingerprint density at radius 1 is 1.15 bits per heavy atom. The van der Waals surface area contributed by atoms with Crippen LogP contribution in [0, 0.1) is 6.92 Å². The summed E-state index contributed by atoms with van der Waals surface area (Å²) in [6, 6.07) is 10.1. The number of aromatic nitrogens is 3. The summed E-state index contributed by atoms with van der Waals surface area (Å²) >= 11 is 1.65. The molecule has 0 bridgehead atoms. The summed E-state index contributed by atoms with van der Waals surface area (Å²) in [6.07, 6.45) is 6.57. The molecule has 0 spiro atoms. The molecule has 0 fully saturated rings. The Morgan fingerprint density at radius 2 is 1.96 bits per heavy atom. The topological polar surface area (TPSA) is 47.8 Å². The third-order valence-corrected chi connectivity index (χ3v) is 6.22. The van der Waals surface area contributed by atoms with E-state index in [1.165, 1.54) is 18.4 Å². The highest BCUT2D eigenvalue weighted by atomic mass is 32.2. The Hall–Kier alpha value is -2.14. The molecule has 0 saturated carbocycles. The largest absolute Gasteiger partial charge is 0.268 e. The third kappa shape index (κ3) is 3.53. The van der Waals surface area contributed by atoms with Crippen molar-refractivity contribution in [1.82, 2.24) is 14.5 Å². The van der Waals surface area contributed by atoms with Gasteiger partial charge in [-0.05, 0) is 62.3 Å². The summed E-state index contributed by atoms with van der Waals surface area (Å²) < 4.78 is 1.79. The van der Waals surface area contributed by atoms with E-state index in [1.54, 1.807) is 16.3 Å². The van der Waals surface area contributed by atoms with Crippen LogP contribution in [0.25, 0.3) is 16.7 Å². The molecule has 3 aromatic rings. The number of aryl methyl sites for hydroxylation is 3. The van der Waals surface area contributed by atoms with Crippen LogP contribution < -0.4 is 5.56 Å². The second kappa shape index (κ2) is 7.85. The summed E-state index contributed by atoms with van der Waals surface area (Å²) in [7, 11) is 0. The Labute approximate surface area is 164 Å². The molecule has 0 N–H and O–H groups in total. The number of fused-ring (bicyclic) bond motifs is 2. The van der Waals surface area contributed by atoms with Crippen LogP contribution in [-0.4, -0.2) is 20.3 Å². The molecule has 27 heavy (non-hydrogen) atoms. The number of rotatable bonds is 5. The average Bonchev–Trinajstić information content (AvgIpc) is 2.68. The molecule has 4 nitrogen and oxygen atoms in total. The Bertz CT molecular complexity index is 1040. The van der Waals surface area contributed by atoms with E-state index in [2.05, 4.69) is 6.92 Å². The maximum atomic E-state index is 13.5. The van der Waals surface area contributed by atoms with Gasteiger partial charge in [0.05, 0.1) is 11.1 Å². The predicted molar refractivity (Wildman–Crippen MR) is 112 cm³/mol. The van der Waals surface area contributed by atoms with Gasteiger partial charge in [-0.25, -0.2) is 9.97 Å². The molecule has 0 amide bonds. The number of nitrogens with zero attached hydrogens (tertiary/aromatic N) is 3. The predicted octanol–water partition coefficient (Wildman–Crippen LogP) is 4.86. The van der Waals surface area contributed by atoms with Gasteiger partial charge in [0.2, 0.25) is 0 Å². The van der Waals surface area contributed by atoms with E-state index in [-0.39, 0.29) is 5.56 Å². The minimum atomic E-state index is -0.00540. The maximum Gasteiger partial charge on any atom is 0.268 e. The minimum absolute atomic E-state index is 0.00540. The van der Waals surface area contributed by atoms with Gasteiger partial charge in [-0.3, -0.25) is 9.36 Å². The number of pyridine rings is 1. The summed E-state index contributed by atoms with van der Waals surface area (Å²) in [5, 5.41) is 1.39. The van der Waals surface area contributed by atoms with Gasteiger partial charge in [0.1, 0.15) is 0 Å². The number of unbranched alkanes of at least 4 members (excludes halogenated alkanes) is 1. The Balaban J connectivity index is 1.95. The Kier molecular flexibility index (Phi) is 5.30. The van der Waals surface area contributed by atoms with Crippen LogP contribution in [-0.2, 0) is 12.8 Å². The molecule has 140 valence electrons. The molecular weight excluding hydrogens is 354 g/mol. The zero-order valence-electron chi connectivity index (χ0n) is 16.0. The summed E-state index contributed by atoms with van der Waals surface area (Å²) in [5.41, 5.74) is 4.92. The van der Waals surface area contributed by atoms with Crippen LogP contribution >= 0.6 is 11.8 Å². The molecule has 1 aliphatic carbocycles. The lowest BCUT2D eigenvalue weighted by Gasteiger charge is -2.18. The molecule has 4 rings (SSSR count). The standard InChI is InChI=1S/C22H25N3OS/c1-3-4-13-27-22-24-20-17(14-16-10-6-7-11-18(16)23-20)21(26)25(22)19-12-8-5-9-15(19)2/h5,8-9,12,14H,3-4,6-7,10-11,13H2,1-2H3. The van der Waals surface area contributed by atoms with Crippen molar-refractivity contribution < 1.29 is 0 Å². The number of thioether (sulfide) groups is 1. The van der Waals surface area contributed by atoms with Crippen molar-refractivity contribution in [3.63, 3.8) is 0 Å². The van der Waals surface area contributed by atoms with E-state index in [1.807, 2.05) is 37.3 Å². The summed E-state index contributed by atoms with van der Waals surface area (Å²) in [5.74, 6) is 0.950. The average molecular weight is 380 g/mol. The highest BCUT2D eigenvalue weighted by molar-refractivity contribution is 7.99. The molecule has 1 aliphatic rings. The second-order valence-corrected chi connectivity index (χ2v) is 8.26. The van der Waals surface area contributed by atoms with Gasteiger partial charge >= 0.3 is 0 Å². The van der Waals surface area contributed by atoms with Gasteiger partial charge in [-0.15, -0.1) is 0 Å². The van der Waals surface area contributed by atoms with E-state index in [0.717, 1.165) is 53.5 Å². The van der Waals surface area contributed by atoms with Gasteiger partial charge in [0.15, 0.2) is 10.8 Å². The number of hydrogen-bond donors (Lipinski definition) is 0. The van der Waals surface area contributed by atoms with Crippen molar-refractivity contribution >= 4 is 22.8 Å². The van der Waals surface area contributed by atoms with Crippen molar-refractivity contribution in [2.75, 3.05) is 5.75 Å².